The van der Waals surface area contributed by atoms with E-state index in [1.165, 1.54) is 11.3 Å². The lowest BCUT2D eigenvalue weighted by atomic mass is 10.2. The van der Waals surface area contributed by atoms with Gasteiger partial charge in [0.2, 0.25) is 0 Å². The third-order valence-corrected chi connectivity index (χ3v) is 5.49. The topological polar surface area (TPSA) is 56.8 Å². The van der Waals surface area contributed by atoms with E-state index in [0.29, 0.717) is 41.2 Å². The van der Waals surface area contributed by atoms with Gasteiger partial charge in [-0.15, -0.1) is 11.3 Å². The molecule has 0 bridgehead atoms. The first-order valence-electron chi connectivity index (χ1n) is 8.50. The van der Waals surface area contributed by atoms with E-state index in [1.54, 1.807) is 19.2 Å². The first-order valence-corrected chi connectivity index (χ1v) is 9.69. The number of carbonyl (C=O) groups excluding carboxylic acids is 1. The highest BCUT2D eigenvalue weighted by Gasteiger charge is 2.18. The number of fused-ring (bicyclic) bond motifs is 1. The number of nitrogens with one attached hydrogen (secondary N) is 1. The largest absolute Gasteiger partial charge is 0.497 e. The Morgan fingerprint density at radius 3 is 2.78 bits per heavy atom. The molecule has 1 heterocycles. The number of anilines is 1. The summed E-state index contributed by atoms with van der Waals surface area (Å²) in [6, 6.07) is 12.8. The van der Waals surface area contributed by atoms with Gasteiger partial charge in [0.25, 0.3) is 5.91 Å². The van der Waals surface area contributed by atoms with Crippen LogP contribution in [0.1, 0.15) is 16.6 Å². The maximum Gasteiger partial charge on any atom is 0.267 e. The summed E-state index contributed by atoms with van der Waals surface area (Å²) < 4.78 is 17.0. The summed E-state index contributed by atoms with van der Waals surface area (Å²) in [5, 5.41) is 4.15. The van der Waals surface area contributed by atoms with Gasteiger partial charge in [0.05, 0.1) is 18.7 Å². The van der Waals surface area contributed by atoms with Gasteiger partial charge >= 0.3 is 0 Å². The standard InChI is InChI=1S/C20H20ClNO4S/c1-3-25-9-10-26-15-6-4-5-13(11-15)22-20(23)19-18(21)16-8-7-14(24-2)12-17(16)27-19/h4-8,11-12H,3,9-10H2,1-2H3,(H,22,23). The van der Waals surface area contributed by atoms with E-state index in [9.17, 15) is 4.79 Å². The monoisotopic (exact) mass is 405 g/mol. The summed E-state index contributed by atoms with van der Waals surface area (Å²) >= 11 is 7.75. The maximum absolute atomic E-state index is 12.7. The zero-order valence-electron chi connectivity index (χ0n) is 15.1. The average Bonchev–Trinajstić information content (AvgIpc) is 3.01. The van der Waals surface area contributed by atoms with E-state index < -0.39 is 0 Å². The molecule has 27 heavy (non-hydrogen) atoms. The average molecular weight is 406 g/mol. The zero-order valence-corrected chi connectivity index (χ0v) is 16.7. The van der Waals surface area contributed by atoms with Gasteiger partial charge in [0.15, 0.2) is 0 Å². The van der Waals surface area contributed by atoms with Gasteiger partial charge in [0.1, 0.15) is 23.0 Å². The van der Waals surface area contributed by atoms with Crippen LogP contribution in [-0.4, -0.2) is 32.8 Å². The summed E-state index contributed by atoms with van der Waals surface area (Å²) in [5.74, 6) is 1.13. The predicted octanol–water partition coefficient (Wildman–Crippen LogP) is 5.23. The quantitative estimate of drug-likeness (QED) is 0.521. The van der Waals surface area contributed by atoms with Crippen LogP contribution in [0.5, 0.6) is 11.5 Å². The number of methoxy groups -OCH3 is 1. The van der Waals surface area contributed by atoms with Gasteiger partial charge < -0.3 is 19.5 Å². The lowest BCUT2D eigenvalue weighted by molar-refractivity contribution is 0.103. The van der Waals surface area contributed by atoms with Crippen molar-refractivity contribution in [3.63, 3.8) is 0 Å². The molecular formula is C20H20ClNO4S. The third kappa shape index (κ3) is 4.71. The molecule has 7 heteroatoms. The number of thiophene rings is 1. The molecule has 1 aromatic heterocycles. The number of carbonyl (C=O) groups is 1. The molecule has 0 spiro atoms. The number of ether oxygens (including phenoxy) is 3. The normalized spacial score (nSPS) is 10.8. The molecule has 3 rings (SSSR count). The summed E-state index contributed by atoms with van der Waals surface area (Å²) in [5.41, 5.74) is 0.639. The van der Waals surface area contributed by atoms with Gasteiger partial charge in [-0.2, -0.15) is 0 Å². The second-order valence-corrected chi connectivity index (χ2v) is 7.06. The fourth-order valence-electron chi connectivity index (χ4n) is 2.53. The fourth-order valence-corrected chi connectivity index (χ4v) is 3.97. The number of hydrogen-bond acceptors (Lipinski definition) is 5. The second kappa shape index (κ2) is 9.08. The Kier molecular flexibility index (Phi) is 6.55. The van der Waals surface area contributed by atoms with E-state index in [2.05, 4.69) is 5.32 Å². The van der Waals surface area contributed by atoms with Crippen molar-refractivity contribution in [2.24, 2.45) is 0 Å². The summed E-state index contributed by atoms with van der Waals surface area (Å²) in [4.78, 5) is 13.2. The Balaban J connectivity index is 1.73. The van der Waals surface area contributed by atoms with E-state index >= 15 is 0 Å². The molecule has 1 N–H and O–H groups in total. The number of halogens is 1. The smallest absolute Gasteiger partial charge is 0.267 e. The summed E-state index contributed by atoms with van der Waals surface area (Å²) in [7, 11) is 1.60. The van der Waals surface area contributed by atoms with Gasteiger partial charge in [-0.05, 0) is 37.3 Å². The van der Waals surface area contributed by atoms with Crippen molar-refractivity contribution in [1.29, 1.82) is 0 Å². The van der Waals surface area contributed by atoms with Crippen LogP contribution < -0.4 is 14.8 Å². The lowest BCUT2D eigenvalue weighted by Gasteiger charge is -2.09. The molecule has 0 saturated carbocycles. The molecule has 0 aliphatic rings. The van der Waals surface area contributed by atoms with Crippen molar-refractivity contribution in [2.75, 3.05) is 32.2 Å². The fraction of sp³-hybridized carbons (Fsp3) is 0.250. The van der Waals surface area contributed by atoms with Crippen molar-refractivity contribution >= 4 is 44.6 Å². The SMILES string of the molecule is CCOCCOc1cccc(NC(=O)c2sc3cc(OC)ccc3c2Cl)c1. The van der Waals surface area contributed by atoms with Crippen LogP contribution in [0.2, 0.25) is 5.02 Å². The molecule has 0 aliphatic heterocycles. The van der Waals surface area contributed by atoms with Crippen LogP contribution in [0.25, 0.3) is 10.1 Å². The molecule has 0 aliphatic carbocycles. The van der Waals surface area contributed by atoms with Crippen LogP contribution in [0.3, 0.4) is 0 Å². The first kappa shape index (κ1) is 19.5. The van der Waals surface area contributed by atoms with Crippen LogP contribution in [0.15, 0.2) is 42.5 Å². The predicted molar refractivity (Wildman–Crippen MR) is 110 cm³/mol. The highest BCUT2D eigenvalue weighted by atomic mass is 35.5. The molecule has 0 fully saturated rings. The van der Waals surface area contributed by atoms with E-state index in [4.69, 9.17) is 25.8 Å². The molecule has 0 saturated heterocycles. The van der Waals surface area contributed by atoms with Gasteiger partial charge in [-0.3, -0.25) is 4.79 Å². The number of hydrogen-bond donors (Lipinski definition) is 1. The Hall–Kier alpha value is -2.28. The zero-order chi connectivity index (χ0) is 19.2. The summed E-state index contributed by atoms with van der Waals surface area (Å²) in [6.07, 6.45) is 0. The first-order chi connectivity index (χ1) is 13.1. The lowest BCUT2D eigenvalue weighted by Crippen LogP contribution is -2.11. The van der Waals surface area contributed by atoms with Crippen LogP contribution in [0, 0.1) is 0 Å². The van der Waals surface area contributed by atoms with Gasteiger partial charge in [-0.25, -0.2) is 0 Å². The molecule has 0 atom stereocenters. The Labute approximate surface area is 166 Å². The molecule has 142 valence electrons. The van der Waals surface area contributed by atoms with Crippen molar-refractivity contribution in [1.82, 2.24) is 0 Å². The van der Waals surface area contributed by atoms with Crippen LogP contribution >= 0.6 is 22.9 Å². The van der Waals surface area contributed by atoms with Crippen molar-refractivity contribution in [3.05, 3.63) is 52.4 Å². The van der Waals surface area contributed by atoms with Crippen molar-refractivity contribution in [2.45, 2.75) is 6.92 Å². The molecule has 3 aromatic rings. The van der Waals surface area contributed by atoms with E-state index in [1.807, 2.05) is 37.3 Å². The minimum atomic E-state index is -0.258. The van der Waals surface area contributed by atoms with Gasteiger partial charge in [0, 0.05) is 28.4 Å². The maximum atomic E-state index is 12.7. The Morgan fingerprint density at radius 2 is 2.00 bits per heavy atom. The molecule has 2 aromatic carbocycles. The van der Waals surface area contributed by atoms with Crippen LogP contribution in [0.4, 0.5) is 5.69 Å². The van der Waals surface area contributed by atoms with Crippen LogP contribution in [-0.2, 0) is 4.74 Å². The third-order valence-electron chi connectivity index (χ3n) is 3.84. The molecule has 0 unspecified atom stereocenters. The Bertz CT molecular complexity index is 941. The molecular weight excluding hydrogens is 386 g/mol. The molecule has 5 nitrogen and oxygen atoms in total. The molecule has 0 radical (unpaired) electrons. The van der Waals surface area contributed by atoms with Crippen molar-refractivity contribution in [3.8, 4) is 11.5 Å². The van der Waals surface area contributed by atoms with Crippen molar-refractivity contribution < 1.29 is 19.0 Å². The number of amides is 1. The number of rotatable bonds is 8. The summed E-state index contributed by atoms with van der Waals surface area (Å²) in [6.45, 7) is 3.57. The highest BCUT2D eigenvalue weighted by molar-refractivity contribution is 7.21. The number of benzene rings is 2. The minimum absolute atomic E-state index is 0.258. The Morgan fingerprint density at radius 1 is 1.15 bits per heavy atom. The van der Waals surface area contributed by atoms with E-state index in [0.717, 1.165) is 15.8 Å². The van der Waals surface area contributed by atoms with E-state index in [-0.39, 0.29) is 5.91 Å². The minimum Gasteiger partial charge on any atom is -0.497 e. The highest BCUT2D eigenvalue weighted by Crippen LogP contribution is 2.37. The molecule has 1 amide bonds. The second-order valence-electron chi connectivity index (χ2n) is 5.63. The van der Waals surface area contributed by atoms with Gasteiger partial charge in [-0.1, -0.05) is 17.7 Å².